The SMILES string of the molecule is CNc1cc(C(C)C)c(NC(C)=O)c(C(C)C)n1.Cc1cnn2c1OCCC2.[HH].[HH].[HH]. The van der Waals surface area contributed by atoms with Crippen molar-refractivity contribution in [3.8, 4) is 5.88 Å². The second kappa shape index (κ2) is 9.57. The number of fused-ring (bicyclic) bond motifs is 1. The summed E-state index contributed by atoms with van der Waals surface area (Å²) in [7, 11) is 1.86. The first kappa shape index (κ1) is 21.7. The van der Waals surface area contributed by atoms with Gasteiger partial charge in [0.05, 0.1) is 24.2 Å². The molecule has 0 aromatic carbocycles. The Morgan fingerprint density at radius 3 is 2.54 bits per heavy atom. The average Bonchev–Trinajstić information content (AvgIpc) is 3.03. The molecule has 1 aliphatic rings. The molecule has 160 valence electrons. The normalized spacial score (nSPS) is 12.8. The molecule has 28 heavy (non-hydrogen) atoms. The molecule has 3 heterocycles. The summed E-state index contributed by atoms with van der Waals surface area (Å²) >= 11 is 0. The van der Waals surface area contributed by atoms with Gasteiger partial charge in [-0.15, -0.1) is 0 Å². The standard InChI is InChI=1S/C14H23N3O.C7H10N2O.3H2/c1-8(2)11-7-12(15-6)17-13(9(3)4)14(11)16-10(5)18;1-6-5-8-9-3-2-4-10-7(6)9;;;/h7-9H,1-6H3,(H,15,17)(H,16,18);5H,2-4H2,1H3;3*1H. The van der Waals surface area contributed by atoms with Crippen molar-refractivity contribution in [1.82, 2.24) is 14.8 Å². The van der Waals surface area contributed by atoms with Gasteiger partial charge in [-0.05, 0) is 30.4 Å². The largest absolute Gasteiger partial charge is 0.478 e. The number of ether oxygens (including phenoxy) is 1. The van der Waals surface area contributed by atoms with Crippen molar-refractivity contribution in [2.24, 2.45) is 0 Å². The van der Waals surface area contributed by atoms with Gasteiger partial charge >= 0.3 is 0 Å². The number of carbonyl (C=O) groups excluding carboxylic acids is 1. The Labute approximate surface area is 172 Å². The molecular weight excluding hydrogens is 354 g/mol. The smallest absolute Gasteiger partial charge is 0.221 e. The van der Waals surface area contributed by atoms with Crippen molar-refractivity contribution in [3.63, 3.8) is 0 Å². The first-order chi connectivity index (χ1) is 13.2. The summed E-state index contributed by atoms with van der Waals surface area (Å²) in [5.74, 6) is 2.33. The minimum atomic E-state index is -0.0576. The summed E-state index contributed by atoms with van der Waals surface area (Å²) in [5, 5.41) is 10.1. The number of anilines is 2. The van der Waals surface area contributed by atoms with E-state index in [9.17, 15) is 4.79 Å². The first-order valence-corrected chi connectivity index (χ1v) is 9.89. The summed E-state index contributed by atoms with van der Waals surface area (Å²) in [6.45, 7) is 13.8. The highest BCUT2D eigenvalue weighted by Crippen LogP contribution is 2.33. The quantitative estimate of drug-likeness (QED) is 0.760. The summed E-state index contributed by atoms with van der Waals surface area (Å²) in [5.41, 5.74) is 4.06. The third-order valence-corrected chi connectivity index (χ3v) is 4.52. The molecule has 0 aliphatic carbocycles. The van der Waals surface area contributed by atoms with Crippen LogP contribution in [-0.4, -0.2) is 34.3 Å². The Hall–Kier alpha value is -2.57. The molecule has 1 amide bonds. The van der Waals surface area contributed by atoms with Gasteiger partial charge in [0.25, 0.3) is 0 Å². The maximum Gasteiger partial charge on any atom is 0.221 e. The number of pyridine rings is 1. The number of hydrogen-bond donors (Lipinski definition) is 2. The Balaban J connectivity index is 0. The van der Waals surface area contributed by atoms with Gasteiger partial charge in [0, 0.05) is 36.8 Å². The molecule has 0 unspecified atom stereocenters. The topological polar surface area (TPSA) is 81.1 Å². The third-order valence-electron chi connectivity index (χ3n) is 4.52. The molecule has 3 rings (SSSR count). The van der Waals surface area contributed by atoms with Gasteiger partial charge in [-0.3, -0.25) is 4.79 Å². The number of aryl methyl sites for hydroxylation is 2. The second-order valence-electron chi connectivity index (χ2n) is 7.66. The lowest BCUT2D eigenvalue weighted by Gasteiger charge is -2.20. The Bertz CT molecular complexity index is 796. The van der Waals surface area contributed by atoms with Crippen molar-refractivity contribution >= 4 is 17.4 Å². The second-order valence-corrected chi connectivity index (χ2v) is 7.66. The van der Waals surface area contributed by atoms with Gasteiger partial charge in [0.1, 0.15) is 5.82 Å². The first-order valence-electron chi connectivity index (χ1n) is 9.89. The summed E-state index contributed by atoms with van der Waals surface area (Å²) in [4.78, 5) is 15.9. The summed E-state index contributed by atoms with van der Waals surface area (Å²) in [6, 6.07) is 2.00. The van der Waals surface area contributed by atoms with E-state index in [0.717, 1.165) is 53.8 Å². The number of carbonyl (C=O) groups is 1. The molecule has 0 atom stereocenters. The van der Waals surface area contributed by atoms with E-state index in [1.54, 1.807) is 0 Å². The molecule has 2 aromatic rings. The van der Waals surface area contributed by atoms with Crippen LogP contribution in [0.2, 0.25) is 0 Å². The number of nitrogens with zero attached hydrogens (tertiary/aromatic N) is 3. The monoisotopic (exact) mass is 393 g/mol. The van der Waals surface area contributed by atoms with Crippen LogP contribution in [0.25, 0.3) is 0 Å². The van der Waals surface area contributed by atoms with Crippen molar-refractivity contribution in [3.05, 3.63) is 29.1 Å². The highest BCUT2D eigenvalue weighted by molar-refractivity contribution is 5.90. The van der Waals surface area contributed by atoms with Gasteiger partial charge in [0.15, 0.2) is 0 Å². The highest BCUT2D eigenvalue weighted by atomic mass is 16.5. The molecule has 7 heteroatoms. The fourth-order valence-corrected chi connectivity index (χ4v) is 3.10. The molecule has 1 aliphatic heterocycles. The molecule has 0 saturated carbocycles. The molecule has 0 saturated heterocycles. The van der Waals surface area contributed by atoms with E-state index in [1.165, 1.54) is 6.92 Å². The molecule has 0 radical (unpaired) electrons. The van der Waals surface area contributed by atoms with Crippen molar-refractivity contribution in [1.29, 1.82) is 0 Å². The fourth-order valence-electron chi connectivity index (χ4n) is 3.10. The zero-order valence-electron chi connectivity index (χ0n) is 18.1. The van der Waals surface area contributed by atoms with Gasteiger partial charge in [-0.2, -0.15) is 5.10 Å². The van der Waals surface area contributed by atoms with Crippen LogP contribution in [0.15, 0.2) is 12.3 Å². The molecule has 7 nitrogen and oxygen atoms in total. The van der Waals surface area contributed by atoms with E-state index in [0.29, 0.717) is 5.92 Å². The number of hydrogen-bond acceptors (Lipinski definition) is 5. The molecule has 2 aromatic heterocycles. The minimum Gasteiger partial charge on any atom is -0.478 e. The zero-order valence-corrected chi connectivity index (χ0v) is 18.1. The number of aromatic nitrogens is 3. The third kappa shape index (κ3) is 5.24. The lowest BCUT2D eigenvalue weighted by molar-refractivity contribution is -0.114. The predicted octanol–water partition coefficient (Wildman–Crippen LogP) is 5.04. The van der Waals surface area contributed by atoms with Crippen molar-refractivity contribution < 1.29 is 13.8 Å². The van der Waals surface area contributed by atoms with Crippen LogP contribution in [0.3, 0.4) is 0 Å². The molecule has 2 N–H and O–H groups in total. The zero-order chi connectivity index (χ0) is 20.8. The van der Waals surface area contributed by atoms with E-state index < -0.39 is 0 Å². The fraction of sp³-hybridized carbons (Fsp3) is 0.571. The van der Waals surface area contributed by atoms with Gasteiger partial charge in [-0.25, -0.2) is 9.67 Å². The van der Waals surface area contributed by atoms with Crippen LogP contribution < -0.4 is 15.4 Å². The van der Waals surface area contributed by atoms with Crippen LogP contribution in [0, 0.1) is 6.92 Å². The lowest BCUT2D eigenvalue weighted by atomic mass is 9.96. The van der Waals surface area contributed by atoms with Crippen LogP contribution in [-0.2, 0) is 11.3 Å². The Kier molecular flexibility index (Phi) is 7.43. The Morgan fingerprint density at radius 2 is 2.00 bits per heavy atom. The summed E-state index contributed by atoms with van der Waals surface area (Å²) in [6.07, 6.45) is 2.93. The van der Waals surface area contributed by atoms with E-state index >= 15 is 0 Å². The van der Waals surface area contributed by atoms with Gasteiger partial charge in [-0.1, -0.05) is 27.7 Å². The molecule has 0 fully saturated rings. The van der Waals surface area contributed by atoms with Gasteiger partial charge < -0.3 is 15.4 Å². The molecular formula is C21H39N5O2. The van der Waals surface area contributed by atoms with E-state index in [2.05, 4.69) is 48.4 Å². The number of nitrogens with one attached hydrogen (secondary N) is 2. The van der Waals surface area contributed by atoms with E-state index in [1.807, 2.05) is 30.9 Å². The van der Waals surface area contributed by atoms with Crippen molar-refractivity contribution in [2.45, 2.75) is 66.3 Å². The minimum absolute atomic E-state index is 0. The van der Waals surface area contributed by atoms with Gasteiger partial charge in [0.2, 0.25) is 11.8 Å². The van der Waals surface area contributed by atoms with E-state index in [4.69, 9.17) is 4.74 Å². The maximum absolute atomic E-state index is 11.4. The average molecular weight is 394 g/mol. The number of rotatable bonds is 4. The van der Waals surface area contributed by atoms with E-state index in [-0.39, 0.29) is 16.1 Å². The van der Waals surface area contributed by atoms with Crippen LogP contribution >= 0.6 is 0 Å². The summed E-state index contributed by atoms with van der Waals surface area (Å²) < 4.78 is 7.31. The van der Waals surface area contributed by atoms with Crippen LogP contribution in [0.4, 0.5) is 11.5 Å². The van der Waals surface area contributed by atoms with Crippen LogP contribution in [0.5, 0.6) is 5.88 Å². The Morgan fingerprint density at radius 1 is 1.29 bits per heavy atom. The highest BCUT2D eigenvalue weighted by Gasteiger charge is 2.18. The lowest BCUT2D eigenvalue weighted by Crippen LogP contribution is -2.14. The maximum atomic E-state index is 11.4. The molecule has 0 bridgehead atoms. The van der Waals surface area contributed by atoms with Crippen molar-refractivity contribution in [2.75, 3.05) is 24.3 Å². The predicted molar refractivity (Wildman–Crippen MR) is 120 cm³/mol. The molecule has 0 spiro atoms. The van der Waals surface area contributed by atoms with Crippen LogP contribution in [0.1, 0.15) is 74.0 Å². The number of amides is 1.